The fraction of sp³-hybridized carbons (Fsp3) is 0. The van der Waals surface area contributed by atoms with Crippen LogP contribution < -0.4 is 0 Å². The summed E-state index contributed by atoms with van der Waals surface area (Å²) >= 11 is 0. The quantitative estimate of drug-likeness (QED) is 0.110. The normalized spacial score (nSPS) is 12.1. The van der Waals surface area contributed by atoms with Crippen LogP contribution in [0.2, 0.25) is 0 Å². The summed E-state index contributed by atoms with van der Waals surface area (Å²) in [4.78, 5) is 111. The van der Waals surface area contributed by atoms with Crippen LogP contribution in [0.25, 0.3) is 221 Å². The van der Waals surface area contributed by atoms with E-state index in [0.717, 1.165) is 43.4 Å². The molecule has 7 aromatic carbocycles. The van der Waals surface area contributed by atoms with Crippen LogP contribution in [0.1, 0.15) is 0 Å². The van der Waals surface area contributed by atoms with Gasteiger partial charge in [0.2, 0.25) is 0 Å². The maximum atomic E-state index is 5.51. The summed E-state index contributed by atoms with van der Waals surface area (Å²) in [5.74, 6) is 0. The largest absolute Gasteiger partial charge is 0.253 e. The van der Waals surface area contributed by atoms with Gasteiger partial charge in [0.05, 0.1) is 123 Å². The number of rotatable bonds is 6. The maximum Gasteiger partial charge on any atom is 0.101 e. The van der Waals surface area contributed by atoms with Crippen molar-refractivity contribution in [3.63, 3.8) is 0 Å². The third-order valence-corrected chi connectivity index (χ3v) is 18.2. The Hall–Kier alpha value is -14.3. The van der Waals surface area contributed by atoms with Gasteiger partial charge in [-0.15, -0.1) is 0 Å². The van der Waals surface area contributed by atoms with Gasteiger partial charge in [-0.05, 0) is 48.5 Å². The predicted molar refractivity (Wildman–Crippen MR) is 376 cm³/mol. The van der Waals surface area contributed by atoms with Crippen LogP contribution in [0.3, 0.4) is 0 Å². The molecule has 0 unspecified atom stereocenters. The van der Waals surface area contributed by atoms with E-state index in [1.54, 1.807) is 99.1 Å². The van der Waals surface area contributed by atoms with Crippen molar-refractivity contribution >= 4 is 154 Å². The lowest BCUT2D eigenvalue weighted by Crippen LogP contribution is -2.01. The molecule has 0 aliphatic rings. The van der Waals surface area contributed by atoms with Crippen LogP contribution in [0.4, 0.5) is 0 Å². The highest BCUT2D eigenvalue weighted by Gasteiger charge is 2.27. The van der Waals surface area contributed by atoms with Crippen molar-refractivity contribution in [3.8, 4) is 67.5 Å². The number of fused-ring (bicyclic) bond motifs is 17. The first kappa shape index (κ1) is 53.3. The highest BCUT2D eigenvalue weighted by molar-refractivity contribution is 6.20. The van der Waals surface area contributed by atoms with E-state index >= 15 is 0 Å². The monoisotopic (exact) mass is 1260 g/mol. The van der Waals surface area contributed by atoms with Crippen LogP contribution in [0.15, 0.2) is 220 Å². The Balaban J connectivity index is 0.709. The van der Waals surface area contributed by atoms with E-state index in [1.165, 1.54) is 0 Å². The smallest absolute Gasteiger partial charge is 0.101 e. The van der Waals surface area contributed by atoms with E-state index in [2.05, 4.69) is 56.3 Å². The average Bonchev–Trinajstić information content (AvgIpc) is 0.742. The van der Waals surface area contributed by atoms with E-state index in [-0.39, 0.29) is 0 Å². The molecule has 0 N–H and O–H groups in total. The van der Waals surface area contributed by atoms with Crippen LogP contribution in [-0.2, 0) is 0 Å². The Morgan fingerprint density at radius 2 is 0.276 bits per heavy atom. The number of hydrogen-bond acceptors (Lipinski definition) is 22. The van der Waals surface area contributed by atoms with Gasteiger partial charge in [0, 0.05) is 131 Å². The van der Waals surface area contributed by atoms with E-state index < -0.39 is 0 Å². The van der Waals surface area contributed by atoms with Crippen LogP contribution in [0.5, 0.6) is 0 Å². The summed E-state index contributed by atoms with van der Waals surface area (Å²) < 4.78 is 0. The van der Waals surface area contributed by atoms with Gasteiger partial charge in [0.15, 0.2) is 0 Å². The fourth-order valence-electron chi connectivity index (χ4n) is 13.9. The van der Waals surface area contributed by atoms with Crippen molar-refractivity contribution in [2.24, 2.45) is 0 Å². The van der Waals surface area contributed by atoms with Gasteiger partial charge in [-0.3, -0.25) is 79.7 Å². The molecule has 98 heavy (non-hydrogen) atoms. The zero-order valence-corrected chi connectivity index (χ0v) is 50.6. The minimum atomic E-state index is 0.562. The van der Waals surface area contributed by atoms with Gasteiger partial charge in [0.25, 0.3) is 0 Å². The molecule has 0 fully saturated rings. The summed E-state index contributed by atoms with van der Waals surface area (Å²) in [7, 11) is 0. The molecule has 14 aromatic heterocycles. The first-order valence-electron chi connectivity index (χ1n) is 31.2. The van der Waals surface area contributed by atoms with Crippen molar-refractivity contribution in [1.82, 2.24) is 110 Å². The average molecular weight is 1260 g/mol. The Kier molecular flexibility index (Phi) is 11.2. The summed E-state index contributed by atoms with van der Waals surface area (Å²) in [6, 6.07) is 40.3. The molecule has 14 heterocycles. The Morgan fingerprint density at radius 1 is 0.133 bits per heavy atom. The standard InChI is InChI=1S/C76H36N22/c1-3-39-9-15-45(95-61(39)59-37(1)7-13-43(93-59)53-65-49(77-19-23-81-65)35-50-66(53)82-24-20-78-50)55-69-73(89-31-27-85-69)57(74-70(55)86-28-32-90-74)47-17-11-41-5-6-42-12-18-48(98-64(42)63(41)97-47)58-75-71(87-29-33-91-75)56(72-76(58)92-34-30-88-72)46-16-10-40-4-2-38-8-14-44(94-60(38)62(40)96-46)54-67-51(79-21-25-83-67)36-52-68(54)84-26-22-80-52/h1-36H. The van der Waals surface area contributed by atoms with Crippen LogP contribution >= 0.6 is 0 Å². The Labute approximate surface area is 548 Å². The van der Waals surface area contributed by atoms with E-state index in [0.29, 0.717) is 178 Å². The lowest BCUT2D eigenvalue weighted by molar-refractivity contribution is 1.25. The highest BCUT2D eigenvalue weighted by atomic mass is 14.9. The third-order valence-electron chi connectivity index (χ3n) is 18.2. The number of hydrogen-bond donors (Lipinski definition) is 0. The van der Waals surface area contributed by atoms with Gasteiger partial charge in [0.1, 0.15) is 66.2 Å². The van der Waals surface area contributed by atoms with Crippen molar-refractivity contribution in [2.75, 3.05) is 0 Å². The zero-order valence-electron chi connectivity index (χ0n) is 50.6. The SMILES string of the molecule is c1cnc2c(-c3ccc4ccc5ccc(-c6c7nccnc7c(-c7ccc8ccc9ccc(-c%10c%11nccnc%11c(-c%11ccc%12ccc%13ccc(-c%14c%15nccnc%15cc%15nccnc%14%15)nc%13c%12n%11)c%11nccnc%10%11)nc9c8n7)c7nccnc67)nc5c4n3)c3nccnc3cc2n1. The Bertz CT molecular complexity index is 6470. The molecule has 0 saturated heterocycles. The molecule has 0 atom stereocenters. The van der Waals surface area contributed by atoms with Gasteiger partial charge in [-0.1, -0.05) is 72.8 Å². The van der Waals surface area contributed by atoms with Crippen molar-refractivity contribution in [1.29, 1.82) is 0 Å². The van der Waals surface area contributed by atoms with Crippen molar-refractivity contribution in [2.45, 2.75) is 0 Å². The molecule has 0 saturated carbocycles. The molecule has 0 amide bonds. The van der Waals surface area contributed by atoms with E-state index in [9.17, 15) is 0 Å². The number of benzene rings is 7. The minimum absolute atomic E-state index is 0.562. The highest BCUT2D eigenvalue weighted by Crippen LogP contribution is 2.45. The summed E-state index contributed by atoms with van der Waals surface area (Å²) in [5, 5.41) is 5.30. The molecule has 21 aromatic rings. The second-order valence-corrected chi connectivity index (χ2v) is 23.5. The fourth-order valence-corrected chi connectivity index (χ4v) is 13.9. The molecule has 0 radical (unpaired) electrons. The molecule has 22 heteroatoms. The molecule has 0 spiro atoms. The van der Waals surface area contributed by atoms with Crippen LogP contribution in [-0.4, -0.2) is 110 Å². The first-order valence-corrected chi connectivity index (χ1v) is 31.2. The summed E-state index contributed by atoms with van der Waals surface area (Å²) in [5.41, 5.74) is 21.7. The van der Waals surface area contributed by atoms with E-state index in [1.807, 2.05) is 84.9 Å². The third kappa shape index (κ3) is 7.95. The summed E-state index contributed by atoms with van der Waals surface area (Å²) in [6.07, 6.45) is 26.8. The molecule has 0 aliphatic carbocycles. The van der Waals surface area contributed by atoms with Crippen LogP contribution in [0, 0.1) is 0 Å². The lowest BCUT2D eigenvalue weighted by atomic mass is 9.97. The van der Waals surface area contributed by atoms with Gasteiger partial charge in [-0.2, -0.15) is 0 Å². The second kappa shape index (κ2) is 20.6. The lowest BCUT2D eigenvalue weighted by Gasteiger charge is -2.15. The Morgan fingerprint density at radius 3 is 0.459 bits per heavy atom. The van der Waals surface area contributed by atoms with Crippen molar-refractivity contribution in [3.05, 3.63) is 220 Å². The van der Waals surface area contributed by atoms with Crippen molar-refractivity contribution < 1.29 is 0 Å². The minimum Gasteiger partial charge on any atom is -0.253 e. The first-order chi connectivity index (χ1) is 48.6. The molecule has 0 bridgehead atoms. The van der Waals surface area contributed by atoms with Gasteiger partial charge >= 0.3 is 0 Å². The van der Waals surface area contributed by atoms with Gasteiger partial charge < -0.3 is 0 Å². The number of nitrogens with zero attached hydrogens (tertiary/aromatic N) is 22. The summed E-state index contributed by atoms with van der Waals surface area (Å²) in [6.45, 7) is 0. The molecule has 22 nitrogen and oxygen atoms in total. The molecule has 450 valence electrons. The van der Waals surface area contributed by atoms with E-state index in [4.69, 9.17) is 89.7 Å². The second-order valence-electron chi connectivity index (χ2n) is 23.5. The molecule has 0 aliphatic heterocycles. The number of pyridine rings is 6. The zero-order chi connectivity index (χ0) is 64.1. The maximum absolute atomic E-state index is 5.51. The number of aromatic nitrogens is 22. The topological polar surface area (TPSA) is 284 Å². The molecule has 21 rings (SSSR count). The molecular weight excluding hydrogens is 1220 g/mol. The van der Waals surface area contributed by atoms with Gasteiger partial charge in [-0.25, -0.2) is 29.9 Å². The predicted octanol–water partition coefficient (Wildman–Crippen LogP) is 14.5. The molecular formula is C76H36N22.